The Bertz CT molecular complexity index is 827. The van der Waals surface area contributed by atoms with Gasteiger partial charge in [-0.15, -0.1) is 11.3 Å². The number of hydrogen-bond acceptors (Lipinski definition) is 4. The molecular formula is C15H15N3O2S. The van der Waals surface area contributed by atoms with Crippen LogP contribution in [0.2, 0.25) is 0 Å². The Morgan fingerprint density at radius 1 is 1.10 bits per heavy atom. The van der Waals surface area contributed by atoms with Gasteiger partial charge in [-0.05, 0) is 23.8 Å². The number of fused-ring (bicyclic) bond motifs is 1. The highest BCUT2D eigenvalue weighted by Crippen LogP contribution is 2.33. The van der Waals surface area contributed by atoms with Gasteiger partial charge in [-0.3, -0.25) is 0 Å². The average Bonchev–Trinajstić information content (AvgIpc) is 3.12. The van der Waals surface area contributed by atoms with E-state index in [-0.39, 0.29) is 5.69 Å². The molecule has 1 aromatic carbocycles. The van der Waals surface area contributed by atoms with Crippen molar-refractivity contribution in [2.24, 2.45) is 0 Å². The van der Waals surface area contributed by atoms with E-state index in [1.165, 1.54) is 10.6 Å². The van der Waals surface area contributed by atoms with Gasteiger partial charge in [0.05, 0.1) is 24.2 Å². The Morgan fingerprint density at radius 2 is 1.90 bits per heavy atom. The molecule has 0 unspecified atom stereocenters. The fourth-order valence-electron chi connectivity index (χ4n) is 2.65. The summed E-state index contributed by atoms with van der Waals surface area (Å²) in [4.78, 5) is 20.4. The van der Waals surface area contributed by atoms with Gasteiger partial charge in [0.15, 0.2) is 0 Å². The van der Waals surface area contributed by atoms with Gasteiger partial charge < -0.3 is 19.6 Å². The van der Waals surface area contributed by atoms with E-state index in [2.05, 4.69) is 26.3 Å². The van der Waals surface area contributed by atoms with Crippen molar-refractivity contribution in [3.8, 4) is 10.4 Å². The minimum atomic E-state index is -0.165. The van der Waals surface area contributed by atoms with Crippen molar-refractivity contribution < 1.29 is 4.74 Å². The fourth-order valence-corrected chi connectivity index (χ4v) is 3.57. The first-order valence-electron chi connectivity index (χ1n) is 6.93. The predicted molar refractivity (Wildman–Crippen MR) is 85.3 cm³/mol. The number of H-pyrrole nitrogens is 2. The molecule has 3 heterocycles. The lowest BCUT2D eigenvalue weighted by Crippen LogP contribution is -2.35. The maximum atomic E-state index is 11.3. The highest BCUT2D eigenvalue weighted by Gasteiger charge is 2.13. The van der Waals surface area contributed by atoms with Gasteiger partial charge in [0.2, 0.25) is 0 Å². The number of imidazole rings is 1. The van der Waals surface area contributed by atoms with E-state index >= 15 is 0 Å². The number of hydrogen-bond donors (Lipinski definition) is 2. The van der Waals surface area contributed by atoms with Gasteiger partial charge in [-0.25, -0.2) is 4.79 Å². The zero-order chi connectivity index (χ0) is 14.2. The van der Waals surface area contributed by atoms with Gasteiger partial charge in [-0.2, -0.15) is 0 Å². The molecule has 0 amide bonds. The maximum absolute atomic E-state index is 11.3. The molecule has 6 heteroatoms. The summed E-state index contributed by atoms with van der Waals surface area (Å²) < 4.78 is 5.39. The summed E-state index contributed by atoms with van der Waals surface area (Å²) >= 11 is 1.73. The summed E-state index contributed by atoms with van der Waals surface area (Å²) in [6.45, 7) is 3.48. The Labute approximate surface area is 125 Å². The molecule has 5 nitrogen and oxygen atoms in total. The monoisotopic (exact) mass is 301 g/mol. The van der Waals surface area contributed by atoms with Crippen molar-refractivity contribution in [3.05, 3.63) is 40.1 Å². The molecule has 1 saturated heterocycles. The molecule has 1 aliphatic heterocycles. The summed E-state index contributed by atoms with van der Waals surface area (Å²) in [6, 6.07) is 8.21. The minimum Gasteiger partial charge on any atom is -0.378 e. The van der Waals surface area contributed by atoms with Crippen LogP contribution in [0.1, 0.15) is 0 Å². The van der Waals surface area contributed by atoms with E-state index in [0.29, 0.717) is 0 Å². The molecule has 1 fully saturated rings. The summed E-state index contributed by atoms with van der Waals surface area (Å²) in [5.41, 5.74) is 3.90. The number of ether oxygens (including phenoxy) is 1. The fraction of sp³-hybridized carbons (Fsp3) is 0.267. The summed E-state index contributed by atoms with van der Waals surface area (Å²) in [6.07, 6.45) is 0. The van der Waals surface area contributed by atoms with Crippen LogP contribution in [0.3, 0.4) is 0 Å². The van der Waals surface area contributed by atoms with Crippen molar-refractivity contribution in [2.45, 2.75) is 0 Å². The first-order chi connectivity index (χ1) is 10.3. The van der Waals surface area contributed by atoms with E-state index in [4.69, 9.17) is 4.74 Å². The van der Waals surface area contributed by atoms with Crippen LogP contribution in [-0.2, 0) is 4.74 Å². The second-order valence-electron chi connectivity index (χ2n) is 5.11. The number of aromatic amines is 2. The van der Waals surface area contributed by atoms with Gasteiger partial charge in [0.1, 0.15) is 0 Å². The molecule has 0 aliphatic carbocycles. The van der Waals surface area contributed by atoms with Crippen molar-refractivity contribution in [1.82, 2.24) is 9.97 Å². The quantitative estimate of drug-likeness (QED) is 0.764. The number of rotatable bonds is 2. The average molecular weight is 301 g/mol. The second kappa shape index (κ2) is 5.05. The van der Waals surface area contributed by atoms with E-state index < -0.39 is 0 Å². The molecular weight excluding hydrogens is 286 g/mol. The third-order valence-electron chi connectivity index (χ3n) is 3.76. The Hall–Kier alpha value is -2.05. The zero-order valence-corrected chi connectivity index (χ0v) is 12.2. The molecule has 0 bridgehead atoms. The molecule has 3 aromatic rings. The predicted octanol–water partition coefficient (Wildman–Crippen LogP) is 2.42. The van der Waals surface area contributed by atoms with Crippen LogP contribution >= 0.6 is 11.3 Å². The van der Waals surface area contributed by atoms with Gasteiger partial charge in [0, 0.05) is 29.0 Å². The van der Waals surface area contributed by atoms with Crippen LogP contribution in [-0.4, -0.2) is 36.3 Å². The third-order valence-corrected chi connectivity index (χ3v) is 4.73. The van der Waals surface area contributed by atoms with Crippen LogP contribution in [0.15, 0.2) is 34.4 Å². The van der Waals surface area contributed by atoms with Crippen LogP contribution in [0.5, 0.6) is 0 Å². The number of nitrogens with zero attached hydrogens (tertiary/aromatic N) is 1. The van der Waals surface area contributed by atoms with Crippen molar-refractivity contribution in [2.75, 3.05) is 31.2 Å². The Morgan fingerprint density at radius 3 is 2.76 bits per heavy atom. The summed E-state index contributed by atoms with van der Waals surface area (Å²) in [7, 11) is 0. The summed E-state index contributed by atoms with van der Waals surface area (Å²) in [5.74, 6) is 0. The van der Waals surface area contributed by atoms with E-state index in [1.54, 1.807) is 11.3 Å². The van der Waals surface area contributed by atoms with Crippen molar-refractivity contribution in [1.29, 1.82) is 0 Å². The van der Waals surface area contributed by atoms with Crippen LogP contribution in [0.4, 0.5) is 5.69 Å². The topological polar surface area (TPSA) is 61.1 Å². The highest BCUT2D eigenvalue weighted by molar-refractivity contribution is 7.14. The number of thiophene rings is 1. The van der Waals surface area contributed by atoms with E-state index in [0.717, 1.165) is 42.9 Å². The van der Waals surface area contributed by atoms with Crippen LogP contribution in [0, 0.1) is 0 Å². The first-order valence-corrected chi connectivity index (χ1v) is 7.81. The zero-order valence-electron chi connectivity index (χ0n) is 11.4. The van der Waals surface area contributed by atoms with Gasteiger partial charge in [0.25, 0.3) is 0 Å². The molecule has 2 aromatic heterocycles. The lowest BCUT2D eigenvalue weighted by atomic mass is 10.1. The number of anilines is 1. The standard InChI is InChI=1S/C15H15N3O2S/c19-15-16-12-2-1-10(7-13(12)17-15)14-8-11(9-21-14)18-3-5-20-6-4-18/h1-2,7-9H,3-6H2,(H2,16,17,19). The number of aromatic nitrogens is 2. The lowest BCUT2D eigenvalue weighted by molar-refractivity contribution is 0.123. The first kappa shape index (κ1) is 12.7. The lowest BCUT2D eigenvalue weighted by Gasteiger charge is -2.27. The molecule has 0 radical (unpaired) electrons. The highest BCUT2D eigenvalue weighted by atomic mass is 32.1. The van der Waals surface area contributed by atoms with Gasteiger partial charge >= 0.3 is 5.69 Å². The van der Waals surface area contributed by atoms with Gasteiger partial charge in [-0.1, -0.05) is 6.07 Å². The molecule has 4 rings (SSSR count). The molecule has 1 aliphatic rings. The minimum absolute atomic E-state index is 0.165. The second-order valence-corrected chi connectivity index (χ2v) is 6.02. The largest absolute Gasteiger partial charge is 0.378 e. The molecule has 21 heavy (non-hydrogen) atoms. The SMILES string of the molecule is O=c1[nH]c2ccc(-c3cc(N4CCOCC4)cs3)cc2[nH]1. The third kappa shape index (κ3) is 2.36. The maximum Gasteiger partial charge on any atom is 0.323 e. The van der Waals surface area contributed by atoms with Crippen molar-refractivity contribution in [3.63, 3.8) is 0 Å². The Balaban J connectivity index is 1.68. The molecule has 0 saturated carbocycles. The Kier molecular flexibility index (Phi) is 3.05. The van der Waals surface area contributed by atoms with Crippen molar-refractivity contribution >= 4 is 28.1 Å². The molecule has 108 valence electrons. The smallest absolute Gasteiger partial charge is 0.323 e. The molecule has 0 spiro atoms. The number of nitrogens with one attached hydrogen (secondary N) is 2. The molecule has 2 N–H and O–H groups in total. The van der Waals surface area contributed by atoms with E-state index in [9.17, 15) is 4.79 Å². The van der Waals surface area contributed by atoms with Crippen LogP contribution in [0.25, 0.3) is 21.5 Å². The number of benzene rings is 1. The number of morpholine rings is 1. The normalized spacial score (nSPS) is 15.7. The summed E-state index contributed by atoms with van der Waals surface area (Å²) in [5, 5.41) is 2.19. The van der Waals surface area contributed by atoms with Crippen LogP contribution < -0.4 is 10.6 Å². The molecule has 0 atom stereocenters. The van der Waals surface area contributed by atoms with E-state index in [1.807, 2.05) is 18.2 Å².